The van der Waals surface area contributed by atoms with Gasteiger partial charge in [-0.05, 0) is 35.4 Å². The van der Waals surface area contributed by atoms with Crippen LogP contribution in [-0.4, -0.2) is 30.7 Å². The molecule has 0 aliphatic heterocycles. The smallest absolute Gasteiger partial charge is 0.161 e. The largest absolute Gasteiger partial charge is 0.493 e. The van der Waals surface area contributed by atoms with Crippen LogP contribution in [0.5, 0.6) is 11.5 Å². The molecule has 2 aromatic heterocycles. The molecule has 0 radical (unpaired) electrons. The van der Waals surface area contributed by atoms with Gasteiger partial charge in [0.25, 0.3) is 0 Å². The molecule has 0 spiro atoms. The van der Waals surface area contributed by atoms with E-state index in [2.05, 4.69) is 16.0 Å². The van der Waals surface area contributed by atoms with Crippen molar-refractivity contribution in [2.75, 3.05) is 20.8 Å². The molecule has 0 saturated carbocycles. The van der Waals surface area contributed by atoms with Crippen LogP contribution in [0.3, 0.4) is 0 Å². The second-order valence-electron chi connectivity index (χ2n) is 5.05. The molecule has 3 N–H and O–H groups in total. The van der Waals surface area contributed by atoms with Crippen LogP contribution in [0, 0.1) is 0 Å². The standard InChI is InChI=1S/C17H19N3O2/c1-21-15-6-5-11(8-16(15)22-2)13(9-18)14-10-20-17-12(14)4-3-7-19-17/h3-8,10,13H,9,18H2,1-2H3,(H,19,20). The Morgan fingerprint density at radius 2 is 2.00 bits per heavy atom. The summed E-state index contributed by atoms with van der Waals surface area (Å²) < 4.78 is 10.7. The summed E-state index contributed by atoms with van der Waals surface area (Å²) in [6.45, 7) is 0.497. The number of nitrogens with zero attached hydrogens (tertiary/aromatic N) is 1. The first-order valence-corrected chi connectivity index (χ1v) is 7.12. The van der Waals surface area contributed by atoms with Gasteiger partial charge in [0.15, 0.2) is 11.5 Å². The molecule has 0 aliphatic rings. The number of H-pyrrole nitrogens is 1. The van der Waals surface area contributed by atoms with Crippen LogP contribution >= 0.6 is 0 Å². The molecule has 0 saturated heterocycles. The van der Waals surface area contributed by atoms with Crippen LogP contribution in [0.1, 0.15) is 17.0 Å². The summed E-state index contributed by atoms with van der Waals surface area (Å²) in [6, 6.07) is 9.89. The van der Waals surface area contributed by atoms with Gasteiger partial charge in [-0.1, -0.05) is 6.07 Å². The van der Waals surface area contributed by atoms with Gasteiger partial charge in [-0.3, -0.25) is 0 Å². The Bertz CT molecular complexity index is 782. The second-order valence-corrected chi connectivity index (χ2v) is 5.05. The average molecular weight is 297 g/mol. The molecular weight excluding hydrogens is 278 g/mol. The lowest BCUT2D eigenvalue weighted by molar-refractivity contribution is 0.354. The Morgan fingerprint density at radius 3 is 2.73 bits per heavy atom. The van der Waals surface area contributed by atoms with Gasteiger partial charge in [-0.25, -0.2) is 4.98 Å². The maximum absolute atomic E-state index is 6.04. The predicted octanol–water partition coefficient (Wildman–Crippen LogP) is 2.67. The summed E-state index contributed by atoms with van der Waals surface area (Å²) in [7, 11) is 3.26. The number of hydrogen-bond acceptors (Lipinski definition) is 4. The quantitative estimate of drug-likeness (QED) is 0.759. The number of fused-ring (bicyclic) bond motifs is 1. The number of nitrogens with one attached hydrogen (secondary N) is 1. The summed E-state index contributed by atoms with van der Waals surface area (Å²) in [5, 5.41) is 1.09. The van der Waals surface area contributed by atoms with E-state index in [-0.39, 0.29) is 5.92 Å². The number of methoxy groups -OCH3 is 2. The summed E-state index contributed by atoms with van der Waals surface area (Å²) in [5.41, 5.74) is 9.14. The van der Waals surface area contributed by atoms with E-state index in [4.69, 9.17) is 15.2 Å². The summed E-state index contributed by atoms with van der Waals surface area (Å²) in [6.07, 6.45) is 3.75. The zero-order valence-corrected chi connectivity index (χ0v) is 12.7. The lowest BCUT2D eigenvalue weighted by Gasteiger charge is -2.17. The highest BCUT2D eigenvalue weighted by Crippen LogP contribution is 2.34. The number of pyridine rings is 1. The monoisotopic (exact) mass is 297 g/mol. The third-order valence-electron chi connectivity index (χ3n) is 3.90. The van der Waals surface area contributed by atoms with Crippen molar-refractivity contribution in [1.82, 2.24) is 9.97 Å². The molecule has 5 nitrogen and oxygen atoms in total. The lowest BCUT2D eigenvalue weighted by atomic mass is 9.91. The number of aromatic nitrogens is 2. The van der Waals surface area contributed by atoms with Crippen LogP contribution in [0.4, 0.5) is 0 Å². The van der Waals surface area contributed by atoms with Gasteiger partial charge in [-0.2, -0.15) is 0 Å². The van der Waals surface area contributed by atoms with E-state index in [0.29, 0.717) is 18.0 Å². The van der Waals surface area contributed by atoms with E-state index >= 15 is 0 Å². The minimum Gasteiger partial charge on any atom is -0.493 e. The second kappa shape index (κ2) is 6.07. The molecule has 0 amide bonds. The number of benzene rings is 1. The van der Waals surface area contributed by atoms with Gasteiger partial charge in [0, 0.05) is 30.2 Å². The summed E-state index contributed by atoms with van der Waals surface area (Å²) >= 11 is 0. The van der Waals surface area contributed by atoms with E-state index < -0.39 is 0 Å². The molecule has 1 atom stereocenters. The SMILES string of the molecule is COc1ccc(C(CN)c2c[nH]c3ncccc23)cc1OC. The third-order valence-corrected chi connectivity index (χ3v) is 3.90. The van der Waals surface area contributed by atoms with Crippen LogP contribution < -0.4 is 15.2 Å². The fourth-order valence-corrected chi connectivity index (χ4v) is 2.78. The predicted molar refractivity (Wildman–Crippen MR) is 86.5 cm³/mol. The topological polar surface area (TPSA) is 73.2 Å². The van der Waals surface area contributed by atoms with Crippen molar-refractivity contribution in [2.24, 2.45) is 5.73 Å². The van der Waals surface area contributed by atoms with E-state index in [1.165, 1.54) is 0 Å². The number of rotatable bonds is 5. The van der Waals surface area contributed by atoms with Crippen molar-refractivity contribution in [3.63, 3.8) is 0 Å². The molecule has 2 heterocycles. The van der Waals surface area contributed by atoms with Gasteiger partial charge in [0.05, 0.1) is 14.2 Å². The first kappa shape index (κ1) is 14.4. The number of ether oxygens (including phenoxy) is 2. The van der Waals surface area contributed by atoms with Crippen LogP contribution in [0.15, 0.2) is 42.7 Å². The number of aromatic amines is 1. The molecule has 3 rings (SSSR count). The minimum absolute atomic E-state index is 0.0674. The molecule has 5 heteroatoms. The van der Waals surface area contributed by atoms with Crippen LogP contribution in [0.2, 0.25) is 0 Å². The Balaban J connectivity index is 2.08. The number of hydrogen-bond donors (Lipinski definition) is 2. The van der Waals surface area contributed by atoms with Crippen molar-refractivity contribution in [2.45, 2.75) is 5.92 Å². The van der Waals surface area contributed by atoms with Crippen molar-refractivity contribution in [1.29, 1.82) is 0 Å². The first-order chi connectivity index (χ1) is 10.8. The molecule has 0 bridgehead atoms. The molecule has 1 aromatic carbocycles. The molecule has 114 valence electrons. The average Bonchev–Trinajstić information content (AvgIpc) is 2.99. The molecule has 1 unspecified atom stereocenters. The maximum Gasteiger partial charge on any atom is 0.161 e. The first-order valence-electron chi connectivity index (χ1n) is 7.12. The maximum atomic E-state index is 6.04. The van der Waals surface area contributed by atoms with E-state index in [1.54, 1.807) is 20.4 Å². The lowest BCUT2D eigenvalue weighted by Crippen LogP contribution is -2.13. The molecule has 0 aliphatic carbocycles. The van der Waals surface area contributed by atoms with Crippen molar-refractivity contribution >= 4 is 11.0 Å². The third kappa shape index (κ3) is 2.40. The fraction of sp³-hybridized carbons (Fsp3) is 0.235. The zero-order valence-electron chi connectivity index (χ0n) is 12.7. The Labute approximate surface area is 129 Å². The van der Waals surface area contributed by atoms with Gasteiger partial charge in [-0.15, -0.1) is 0 Å². The van der Waals surface area contributed by atoms with Gasteiger partial charge in [0.1, 0.15) is 5.65 Å². The Hall–Kier alpha value is -2.53. The van der Waals surface area contributed by atoms with Gasteiger partial charge >= 0.3 is 0 Å². The van der Waals surface area contributed by atoms with Crippen molar-refractivity contribution < 1.29 is 9.47 Å². The van der Waals surface area contributed by atoms with E-state index in [0.717, 1.165) is 22.2 Å². The summed E-state index contributed by atoms with van der Waals surface area (Å²) in [5.74, 6) is 1.48. The van der Waals surface area contributed by atoms with Gasteiger partial charge < -0.3 is 20.2 Å². The normalized spacial score (nSPS) is 12.3. The highest BCUT2D eigenvalue weighted by atomic mass is 16.5. The van der Waals surface area contributed by atoms with Crippen LogP contribution in [-0.2, 0) is 0 Å². The fourth-order valence-electron chi connectivity index (χ4n) is 2.78. The Kier molecular flexibility index (Phi) is 3.98. The molecule has 22 heavy (non-hydrogen) atoms. The minimum atomic E-state index is 0.0674. The van der Waals surface area contributed by atoms with Crippen molar-refractivity contribution in [3.8, 4) is 11.5 Å². The van der Waals surface area contributed by atoms with E-state index in [1.807, 2.05) is 30.5 Å². The molecular formula is C17H19N3O2. The van der Waals surface area contributed by atoms with Crippen LogP contribution in [0.25, 0.3) is 11.0 Å². The summed E-state index contributed by atoms with van der Waals surface area (Å²) in [4.78, 5) is 7.53. The molecule has 3 aromatic rings. The zero-order chi connectivity index (χ0) is 15.5. The number of nitrogens with two attached hydrogens (primary N) is 1. The van der Waals surface area contributed by atoms with Crippen molar-refractivity contribution in [3.05, 3.63) is 53.9 Å². The highest BCUT2D eigenvalue weighted by molar-refractivity contribution is 5.80. The Morgan fingerprint density at radius 1 is 1.18 bits per heavy atom. The highest BCUT2D eigenvalue weighted by Gasteiger charge is 2.18. The van der Waals surface area contributed by atoms with E-state index in [9.17, 15) is 0 Å². The van der Waals surface area contributed by atoms with Gasteiger partial charge in [0.2, 0.25) is 0 Å². The molecule has 0 fully saturated rings.